The molecule has 0 aromatic heterocycles. The summed E-state index contributed by atoms with van der Waals surface area (Å²) >= 11 is 0. The van der Waals surface area contributed by atoms with Gasteiger partial charge in [0.1, 0.15) is 5.75 Å². The lowest BCUT2D eigenvalue weighted by Gasteiger charge is -2.32. The second-order valence-electron chi connectivity index (χ2n) is 7.94. The summed E-state index contributed by atoms with van der Waals surface area (Å²) in [6.07, 6.45) is -0.640. The molecule has 1 atom stereocenters. The number of carbonyl (C=O) groups is 3. The summed E-state index contributed by atoms with van der Waals surface area (Å²) < 4.78 is 10.7. The lowest BCUT2D eigenvalue weighted by Crippen LogP contribution is -2.45. The Kier molecular flexibility index (Phi) is 7.35. The summed E-state index contributed by atoms with van der Waals surface area (Å²) in [4.78, 5) is 42.1. The Morgan fingerprint density at radius 2 is 1.75 bits per heavy atom. The number of rotatable bonds is 8. The number of anilines is 2. The van der Waals surface area contributed by atoms with Gasteiger partial charge in [-0.3, -0.25) is 14.4 Å². The highest BCUT2D eigenvalue weighted by Gasteiger charge is 2.31. The van der Waals surface area contributed by atoms with Crippen molar-refractivity contribution in [3.63, 3.8) is 0 Å². The highest BCUT2D eigenvalue weighted by atomic mass is 16.5. The molecule has 0 spiro atoms. The average molecular weight is 440 g/mol. The van der Waals surface area contributed by atoms with E-state index in [1.165, 1.54) is 9.80 Å². The molecule has 0 fully saturated rings. The summed E-state index contributed by atoms with van der Waals surface area (Å²) in [6.45, 7) is 1.91. The molecule has 1 heterocycles. The predicted molar refractivity (Wildman–Crippen MR) is 122 cm³/mol. The van der Waals surface area contributed by atoms with Crippen molar-refractivity contribution >= 4 is 29.2 Å². The van der Waals surface area contributed by atoms with E-state index in [1.807, 2.05) is 49.3 Å². The Hall–Kier alpha value is -3.55. The molecular weight excluding hydrogens is 410 g/mol. The summed E-state index contributed by atoms with van der Waals surface area (Å²) in [5.41, 5.74) is 2.68. The molecule has 0 saturated carbocycles. The van der Waals surface area contributed by atoms with Crippen LogP contribution < -0.4 is 14.5 Å². The van der Waals surface area contributed by atoms with Crippen molar-refractivity contribution in [3.05, 3.63) is 54.1 Å². The Morgan fingerprint density at radius 3 is 2.44 bits per heavy atom. The van der Waals surface area contributed by atoms with Crippen LogP contribution in [0.15, 0.2) is 48.5 Å². The molecule has 0 N–H and O–H groups in total. The number of para-hydroxylation sites is 2. The average Bonchev–Trinajstić information content (AvgIpc) is 2.78. The first kappa shape index (κ1) is 23.1. The van der Waals surface area contributed by atoms with Crippen LogP contribution in [0.2, 0.25) is 0 Å². The van der Waals surface area contributed by atoms with Gasteiger partial charge in [0.05, 0.1) is 12.1 Å². The van der Waals surface area contributed by atoms with Gasteiger partial charge in [-0.25, -0.2) is 0 Å². The normalized spacial score (nSPS) is 14.9. The second-order valence-corrected chi connectivity index (χ2v) is 7.94. The summed E-state index contributed by atoms with van der Waals surface area (Å²) in [6, 6.07) is 15.1. The Balaban J connectivity index is 1.47. The minimum absolute atomic E-state index is 0.0181. The molecule has 170 valence electrons. The molecule has 2 aromatic carbocycles. The van der Waals surface area contributed by atoms with Crippen LogP contribution >= 0.6 is 0 Å². The van der Waals surface area contributed by atoms with E-state index < -0.39 is 12.1 Å². The Labute approximate surface area is 188 Å². The first-order valence-electron chi connectivity index (χ1n) is 10.5. The number of esters is 1. The van der Waals surface area contributed by atoms with Gasteiger partial charge >= 0.3 is 5.97 Å². The highest BCUT2D eigenvalue weighted by molar-refractivity contribution is 6.00. The zero-order valence-corrected chi connectivity index (χ0v) is 18.9. The van der Waals surface area contributed by atoms with Gasteiger partial charge < -0.3 is 24.2 Å². The summed E-state index contributed by atoms with van der Waals surface area (Å²) in [5, 5.41) is 0. The molecule has 1 aliphatic rings. The number of nitrogens with zero attached hydrogens (tertiary/aromatic N) is 3. The van der Waals surface area contributed by atoms with Crippen LogP contribution in [0.25, 0.3) is 0 Å². The van der Waals surface area contributed by atoms with Crippen molar-refractivity contribution in [3.8, 4) is 5.75 Å². The summed E-state index contributed by atoms with van der Waals surface area (Å²) in [7, 11) is 5.60. The third-order valence-corrected chi connectivity index (χ3v) is 5.27. The lowest BCUT2D eigenvalue weighted by molar-refractivity contribution is -0.151. The standard InChI is InChI=1S/C24H29N3O5/c1-17-24(30)27(20-7-5-6-8-21(20)32-17)14-13-23(29)31-16-22(28)26(4)15-18-9-11-19(12-10-18)25(2)3/h5-12,17H,13-16H2,1-4H3. The minimum atomic E-state index is -0.622. The third kappa shape index (κ3) is 5.57. The van der Waals surface area contributed by atoms with Crippen molar-refractivity contribution in [2.24, 2.45) is 0 Å². The molecule has 1 unspecified atom stereocenters. The number of hydrogen-bond donors (Lipinski definition) is 0. The van der Waals surface area contributed by atoms with Gasteiger partial charge in [-0.05, 0) is 36.8 Å². The maximum atomic E-state index is 12.5. The molecule has 2 aromatic rings. The number of carbonyl (C=O) groups excluding carboxylic acids is 3. The topological polar surface area (TPSA) is 79.4 Å². The quantitative estimate of drug-likeness (QED) is 0.588. The highest BCUT2D eigenvalue weighted by Crippen LogP contribution is 2.33. The molecule has 2 amide bonds. The van der Waals surface area contributed by atoms with Gasteiger partial charge in [0.15, 0.2) is 12.7 Å². The molecule has 0 saturated heterocycles. The molecule has 0 radical (unpaired) electrons. The van der Waals surface area contributed by atoms with E-state index in [0.29, 0.717) is 18.0 Å². The van der Waals surface area contributed by atoms with E-state index in [1.54, 1.807) is 32.2 Å². The van der Waals surface area contributed by atoms with Gasteiger partial charge in [0, 0.05) is 39.9 Å². The predicted octanol–water partition coefficient (Wildman–Crippen LogP) is 2.46. The van der Waals surface area contributed by atoms with Crippen LogP contribution in [0.3, 0.4) is 0 Å². The van der Waals surface area contributed by atoms with Crippen molar-refractivity contribution in [2.45, 2.75) is 26.0 Å². The zero-order valence-electron chi connectivity index (χ0n) is 18.9. The molecule has 1 aliphatic heterocycles. The Bertz CT molecular complexity index is 974. The second kappa shape index (κ2) is 10.2. The van der Waals surface area contributed by atoms with E-state index in [4.69, 9.17) is 9.47 Å². The first-order chi connectivity index (χ1) is 15.3. The van der Waals surface area contributed by atoms with E-state index in [9.17, 15) is 14.4 Å². The van der Waals surface area contributed by atoms with Crippen molar-refractivity contribution in [1.29, 1.82) is 0 Å². The third-order valence-electron chi connectivity index (χ3n) is 5.27. The zero-order chi connectivity index (χ0) is 23.3. The molecule has 0 bridgehead atoms. The number of likely N-dealkylation sites (N-methyl/N-ethyl adjacent to an activating group) is 1. The van der Waals surface area contributed by atoms with Crippen LogP contribution in [0, 0.1) is 0 Å². The van der Waals surface area contributed by atoms with E-state index in [-0.39, 0.29) is 31.4 Å². The van der Waals surface area contributed by atoms with Crippen molar-refractivity contribution in [1.82, 2.24) is 4.90 Å². The maximum Gasteiger partial charge on any atom is 0.308 e. The molecule has 8 nitrogen and oxygen atoms in total. The number of fused-ring (bicyclic) bond motifs is 1. The smallest absolute Gasteiger partial charge is 0.308 e. The molecule has 8 heteroatoms. The summed E-state index contributed by atoms with van der Waals surface area (Å²) in [5.74, 6) is -0.445. The molecular formula is C24H29N3O5. The molecule has 0 aliphatic carbocycles. The van der Waals surface area contributed by atoms with Gasteiger partial charge in [-0.2, -0.15) is 0 Å². The fraction of sp³-hybridized carbons (Fsp3) is 0.375. The van der Waals surface area contributed by atoms with Crippen LogP contribution in [0.4, 0.5) is 11.4 Å². The van der Waals surface area contributed by atoms with E-state index >= 15 is 0 Å². The Morgan fingerprint density at radius 1 is 1.06 bits per heavy atom. The lowest BCUT2D eigenvalue weighted by atomic mass is 10.2. The van der Waals surface area contributed by atoms with E-state index in [2.05, 4.69) is 0 Å². The maximum absolute atomic E-state index is 12.5. The number of ether oxygens (including phenoxy) is 2. The molecule has 32 heavy (non-hydrogen) atoms. The van der Waals surface area contributed by atoms with Crippen LogP contribution in [0.1, 0.15) is 18.9 Å². The van der Waals surface area contributed by atoms with Crippen LogP contribution in [0.5, 0.6) is 5.75 Å². The largest absolute Gasteiger partial charge is 0.479 e. The fourth-order valence-electron chi connectivity index (χ4n) is 3.38. The minimum Gasteiger partial charge on any atom is -0.479 e. The number of hydrogen-bond acceptors (Lipinski definition) is 6. The molecule has 3 rings (SSSR count). The van der Waals surface area contributed by atoms with Crippen LogP contribution in [-0.4, -0.2) is 63.1 Å². The fourth-order valence-corrected chi connectivity index (χ4v) is 3.38. The van der Waals surface area contributed by atoms with Gasteiger partial charge in [-0.15, -0.1) is 0 Å². The first-order valence-corrected chi connectivity index (χ1v) is 10.5. The monoisotopic (exact) mass is 439 g/mol. The van der Waals surface area contributed by atoms with E-state index in [0.717, 1.165) is 11.3 Å². The van der Waals surface area contributed by atoms with Crippen molar-refractivity contribution < 1.29 is 23.9 Å². The van der Waals surface area contributed by atoms with Crippen molar-refractivity contribution in [2.75, 3.05) is 44.1 Å². The van der Waals surface area contributed by atoms with Crippen LogP contribution in [-0.2, 0) is 25.7 Å². The number of amides is 2. The van der Waals surface area contributed by atoms with Gasteiger partial charge in [-0.1, -0.05) is 24.3 Å². The van der Waals surface area contributed by atoms with Gasteiger partial charge in [0.2, 0.25) is 0 Å². The van der Waals surface area contributed by atoms with Gasteiger partial charge in [0.25, 0.3) is 11.8 Å². The number of benzene rings is 2. The SMILES string of the molecule is CC1Oc2ccccc2N(CCC(=O)OCC(=O)N(C)Cc2ccc(N(C)C)cc2)C1=O.